The van der Waals surface area contributed by atoms with Crippen molar-refractivity contribution in [3.05, 3.63) is 15.9 Å². The molecule has 0 aromatic carbocycles. The number of hydrogen-bond donors (Lipinski definition) is 1. The van der Waals surface area contributed by atoms with Crippen molar-refractivity contribution < 1.29 is 9.66 Å². The Bertz CT molecular complexity index is 451. The number of nitrogens with zero attached hydrogens (tertiary/aromatic N) is 3. The van der Waals surface area contributed by atoms with Crippen LogP contribution in [0.1, 0.15) is 45.4 Å². The number of unbranched alkanes of at least 4 members (excludes halogenated alkanes) is 3. The first-order chi connectivity index (χ1) is 9.60. The van der Waals surface area contributed by atoms with Crippen molar-refractivity contribution in [1.29, 1.82) is 0 Å². The molecule has 1 aromatic rings. The fourth-order valence-electron chi connectivity index (χ4n) is 1.82. The smallest absolute Gasteiger partial charge is 0.372 e. The molecule has 0 spiro atoms. The van der Waals surface area contributed by atoms with Crippen LogP contribution in [0.3, 0.4) is 0 Å². The Labute approximate surface area is 118 Å². The van der Waals surface area contributed by atoms with E-state index in [1.54, 1.807) is 13.8 Å². The molecule has 1 rings (SSSR count). The Balaban J connectivity index is 2.84. The van der Waals surface area contributed by atoms with E-state index < -0.39 is 4.92 Å². The SMILES string of the molecule is CCCCCCNc1nc(C)nc(OCC)c1[N+](=O)[O-]. The van der Waals surface area contributed by atoms with Gasteiger partial charge in [0.1, 0.15) is 5.82 Å². The van der Waals surface area contributed by atoms with E-state index in [-0.39, 0.29) is 17.4 Å². The van der Waals surface area contributed by atoms with Gasteiger partial charge in [-0.2, -0.15) is 4.98 Å². The van der Waals surface area contributed by atoms with Crippen molar-refractivity contribution in [2.45, 2.75) is 46.5 Å². The molecular weight excluding hydrogens is 260 g/mol. The largest absolute Gasteiger partial charge is 0.473 e. The lowest BCUT2D eigenvalue weighted by atomic mass is 10.2. The molecule has 1 N–H and O–H groups in total. The quantitative estimate of drug-likeness (QED) is 0.425. The average Bonchev–Trinajstić information content (AvgIpc) is 2.38. The summed E-state index contributed by atoms with van der Waals surface area (Å²) in [5, 5.41) is 14.2. The molecule has 112 valence electrons. The summed E-state index contributed by atoms with van der Waals surface area (Å²) >= 11 is 0. The van der Waals surface area contributed by atoms with Gasteiger partial charge in [0.2, 0.25) is 5.82 Å². The van der Waals surface area contributed by atoms with Crippen molar-refractivity contribution >= 4 is 11.5 Å². The molecule has 0 aliphatic rings. The van der Waals surface area contributed by atoms with E-state index in [0.717, 1.165) is 25.7 Å². The zero-order valence-corrected chi connectivity index (χ0v) is 12.3. The number of anilines is 1. The first-order valence-electron chi connectivity index (χ1n) is 6.99. The number of hydrogen-bond acceptors (Lipinski definition) is 6. The molecule has 0 unspecified atom stereocenters. The van der Waals surface area contributed by atoms with E-state index >= 15 is 0 Å². The van der Waals surface area contributed by atoms with Gasteiger partial charge in [0.25, 0.3) is 5.88 Å². The summed E-state index contributed by atoms with van der Waals surface area (Å²) in [6.45, 7) is 6.57. The third-order valence-electron chi connectivity index (χ3n) is 2.75. The monoisotopic (exact) mass is 282 g/mol. The number of aromatic nitrogens is 2. The highest BCUT2D eigenvalue weighted by Crippen LogP contribution is 2.31. The standard InChI is InChI=1S/C13H22N4O3/c1-4-6-7-8-9-14-12-11(17(18)19)13(20-5-2)16-10(3)15-12/h4-9H2,1-3H3,(H,14,15,16). The van der Waals surface area contributed by atoms with Crippen LogP contribution in [0.2, 0.25) is 0 Å². The summed E-state index contributed by atoms with van der Waals surface area (Å²) in [6, 6.07) is 0. The molecule has 0 bridgehead atoms. The first kappa shape index (κ1) is 16.1. The second-order valence-corrected chi connectivity index (χ2v) is 4.45. The maximum absolute atomic E-state index is 11.2. The van der Waals surface area contributed by atoms with Gasteiger partial charge in [-0.3, -0.25) is 10.1 Å². The highest BCUT2D eigenvalue weighted by atomic mass is 16.6. The van der Waals surface area contributed by atoms with Crippen LogP contribution < -0.4 is 10.1 Å². The fourth-order valence-corrected chi connectivity index (χ4v) is 1.82. The van der Waals surface area contributed by atoms with E-state index in [0.29, 0.717) is 19.0 Å². The van der Waals surface area contributed by atoms with Crippen LogP contribution in [0.25, 0.3) is 0 Å². The van der Waals surface area contributed by atoms with Gasteiger partial charge < -0.3 is 10.1 Å². The molecule has 7 nitrogen and oxygen atoms in total. The number of nitrogens with one attached hydrogen (secondary N) is 1. The van der Waals surface area contributed by atoms with Crippen LogP contribution in [0, 0.1) is 17.0 Å². The Morgan fingerprint density at radius 1 is 1.25 bits per heavy atom. The fraction of sp³-hybridized carbons (Fsp3) is 0.692. The van der Waals surface area contributed by atoms with Gasteiger partial charge >= 0.3 is 5.69 Å². The summed E-state index contributed by atoms with van der Waals surface area (Å²) in [5.41, 5.74) is -0.187. The van der Waals surface area contributed by atoms with Crippen LogP contribution >= 0.6 is 0 Å². The highest BCUT2D eigenvalue weighted by molar-refractivity contribution is 5.61. The molecule has 0 saturated carbocycles. The molecule has 1 heterocycles. The van der Waals surface area contributed by atoms with Crippen molar-refractivity contribution in [2.75, 3.05) is 18.5 Å². The second kappa shape index (κ2) is 8.29. The summed E-state index contributed by atoms with van der Waals surface area (Å²) in [7, 11) is 0. The summed E-state index contributed by atoms with van der Waals surface area (Å²) in [5.74, 6) is 0.721. The van der Waals surface area contributed by atoms with Crippen LogP contribution in [0.4, 0.5) is 11.5 Å². The molecule has 0 radical (unpaired) electrons. The highest BCUT2D eigenvalue weighted by Gasteiger charge is 2.25. The Morgan fingerprint density at radius 2 is 2.00 bits per heavy atom. The molecule has 20 heavy (non-hydrogen) atoms. The third-order valence-corrected chi connectivity index (χ3v) is 2.75. The number of rotatable bonds is 9. The molecule has 0 saturated heterocycles. The lowest BCUT2D eigenvalue weighted by Crippen LogP contribution is -2.10. The molecule has 0 amide bonds. The van der Waals surface area contributed by atoms with Crippen molar-refractivity contribution in [2.24, 2.45) is 0 Å². The lowest BCUT2D eigenvalue weighted by Gasteiger charge is -2.09. The Kier molecular flexibility index (Phi) is 6.69. The van der Waals surface area contributed by atoms with Gasteiger partial charge in [-0.05, 0) is 20.3 Å². The maximum Gasteiger partial charge on any atom is 0.372 e. The average molecular weight is 282 g/mol. The van der Waals surface area contributed by atoms with Crippen molar-refractivity contribution in [1.82, 2.24) is 9.97 Å². The summed E-state index contributed by atoms with van der Waals surface area (Å²) in [4.78, 5) is 18.8. The predicted octanol–water partition coefficient (Wildman–Crippen LogP) is 3.08. The minimum Gasteiger partial charge on any atom is -0.473 e. The van der Waals surface area contributed by atoms with Crippen LogP contribution in [-0.4, -0.2) is 28.0 Å². The van der Waals surface area contributed by atoms with Crippen LogP contribution in [0.5, 0.6) is 5.88 Å². The van der Waals surface area contributed by atoms with Crippen molar-refractivity contribution in [3.63, 3.8) is 0 Å². The van der Waals surface area contributed by atoms with Crippen molar-refractivity contribution in [3.8, 4) is 5.88 Å². The molecule has 7 heteroatoms. The number of aryl methyl sites for hydroxylation is 1. The van der Waals surface area contributed by atoms with Gasteiger partial charge in [0, 0.05) is 6.54 Å². The summed E-state index contributed by atoms with van der Waals surface area (Å²) in [6.07, 6.45) is 4.37. The van der Waals surface area contributed by atoms with E-state index in [2.05, 4.69) is 22.2 Å². The van der Waals surface area contributed by atoms with Gasteiger partial charge in [0.15, 0.2) is 0 Å². The zero-order chi connectivity index (χ0) is 15.0. The van der Waals surface area contributed by atoms with Crippen LogP contribution in [-0.2, 0) is 0 Å². The molecule has 0 atom stereocenters. The minimum absolute atomic E-state index is 0.0288. The summed E-state index contributed by atoms with van der Waals surface area (Å²) < 4.78 is 5.23. The van der Waals surface area contributed by atoms with Gasteiger partial charge in [-0.1, -0.05) is 26.2 Å². The Morgan fingerprint density at radius 3 is 2.60 bits per heavy atom. The number of nitro groups is 1. The Hall–Kier alpha value is -1.92. The first-order valence-corrected chi connectivity index (χ1v) is 6.99. The van der Waals surface area contributed by atoms with E-state index in [1.807, 2.05) is 0 Å². The predicted molar refractivity (Wildman–Crippen MR) is 77.2 cm³/mol. The third kappa shape index (κ3) is 4.64. The van der Waals surface area contributed by atoms with E-state index in [1.165, 1.54) is 0 Å². The molecule has 1 aromatic heterocycles. The molecule has 0 fully saturated rings. The van der Waals surface area contributed by atoms with Gasteiger partial charge in [-0.25, -0.2) is 4.98 Å². The van der Waals surface area contributed by atoms with E-state index in [9.17, 15) is 10.1 Å². The van der Waals surface area contributed by atoms with E-state index in [4.69, 9.17) is 4.74 Å². The normalized spacial score (nSPS) is 10.3. The topological polar surface area (TPSA) is 90.2 Å². The van der Waals surface area contributed by atoms with Crippen LogP contribution in [0.15, 0.2) is 0 Å². The second-order valence-electron chi connectivity index (χ2n) is 4.45. The lowest BCUT2D eigenvalue weighted by molar-refractivity contribution is -0.385. The zero-order valence-electron chi connectivity index (χ0n) is 12.3. The maximum atomic E-state index is 11.2. The van der Waals surface area contributed by atoms with Gasteiger partial charge in [0.05, 0.1) is 11.5 Å². The molecule has 0 aliphatic heterocycles. The number of ether oxygens (including phenoxy) is 1. The molecular formula is C13H22N4O3. The molecule has 0 aliphatic carbocycles. The minimum atomic E-state index is -0.501. The van der Waals surface area contributed by atoms with Gasteiger partial charge in [-0.15, -0.1) is 0 Å².